The highest BCUT2D eigenvalue weighted by molar-refractivity contribution is 7.92. The lowest BCUT2D eigenvalue weighted by molar-refractivity contribution is -0.113. The molecule has 7 heteroatoms. The van der Waals surface area contributed by atoms with Crippen molar-refractivity contribution in [2.45, 2.75) is 24.8 Å². The first kappa shape index (κ1) is 18.7. The van der Waals surface area contributed by atoms with Gasteiger partial charge in [-0.2, -0.15) is 0 Å². The Morgan fingerprint density at radius 1 is 0.960 bits per heavy atom. The normalized spacial score (nSPS) is 11.2. The molecule has 0 unspecified atom stereocenters. The second kappa shape index (κ2) is 7.94. The van der Waals surface area contributed by atoms with Crippen molar-refractivity contribution in [2.75, 3.05) is 11.1 Å². The summed E-state index contributed by atoms with van der Waals surface area (Å²) in [6, 6.07) is 14.2. The van der Waals surface area contributed by atoms with E-state index >= 15 is 0 Å². The van der Waals surface area contributed by atoms with E-state index in [-0.39, 0.29) is 28.1 Å². The summed E-state index contributed by atoms with van der Waals surface area (Å²) in [4.78, 5) is 24.4. The summed E-state index contributed by atoms with van der Waals surface area (Å²) < 4.78 is 24.5. The van der Waals surface area contributed by atoms with Crippen LogP contribution in [0.2, 0.25) is 0 Å². The predicted molar refractivity (Wildman–Crippen MR) is 96.2 cm³/mol. The Labute approximate surface area is 147 Å². The topological polar surface area (TPSA) is 92.3 Å². The fourth-order valence-electron chi connectivity index (χ4n) is 2.20. The van der Waals surface area contributed by atoms with Crippen molar-refractivity contribution in [1.29, 1.82) is 0 Å². The van der Waals surface area contributed by atoms with Gasteiger partial charge in [0.05, 0.1) is 16.1 Å². The smallest absolute Gasteiger partial charge is 0.253 e. The van der Waals surface area contributed by atoms with E-state index in [0.717, 1.165) is 0 Å². The monoisotopic (exact) mass is 360 g/mol. The number of sulfone groups is 1. The van der Waals surface area contributed by atoms with Crippen LogP contribution in [-0.2, 0) is 14.6 Å². The highest BCUT2D eigenvalue weighted by atomic mass is 32.2. The Hall–Kier alpha value is -2.67. The summed E-state index contributed by atoms with van der Waals surface area (Å²) in [5.74, 6) is -1.73. The number of benzene rings is 2. The number of carbonyl (C=O) groups excluding carboxylic acids is 2. The van der Waals surface area contributed by atoms with Gasteiger partial charge in [0, 0.05) is 6.04 Å². The van der Waals surface area contributed by atoms with E-state index in [2.05, 4.69) is 10.6 Å². The minimum Gasteiger partial charge on any atom is -0.350 e. The van der Waals surface area contributed by atoms with Crippen LogP contribution >= 0.6 is 0 Å². The number of hydrogen-bond acceptors (Lipinski definition) is 4. The molecule has 0 radical (unpaired) electrons. The molecule has 2 amide bonds. The SMILES string of the molecule is CC(C)NC(=O)c1ccccc1NC(=O)CS(=O)(=O)c1ccccc1. The average molecular weight is 360 g/mol. The molecule has 0 heterocycles. The number of anilines is 1. The van der Waals surface area contributed by atoms with Crippen molar-refractivity contribution < 1.29 is 18.0 Å². The van der Waals surface area contributed by atoms with Crippen LogP contribution in [0.4, 0.5) is 5.69 Å². The summed E-state index contributed by atoms with van der Waals surface area (Å²) in [7, 11) is -3.74. The summed E-state index contributed by atoms with van der Waals surface area (Å²) >= 11 is 0. The number of para-hydroxylation sites is 1. The summed E-state index contributed by atoms with van der Waals surface area (Å²) in [6.45, 7) is 3.65. The quantitative estimate of drug-likeness (QED) is 0.826. The fourth-order valence-corrected chi connectivity index (χ4v) is 3.36. The van der Waals surface area contributed by atoms with Crippen molar-refractivity contribution in [3.8, 4) is 0 Å². The molecule has 25 heavy (non-hydrogen) atoms. The van der Waals surface area contributed by atoms with Crippen LogP contribution in [0.3, 0.4) is 0 Å². The molecule has 0 saturated heterocycles. The third-order valence-electron chi connectivity index (χ3n) is 3.29. The van der Waals surface area contributed by atoms with E-state index in [9.17, 15) is 18.0 Å². The van der Waals surface area contributed by atoms with Gasteiger partial charge in [-0.25, -0.2) is 8.42 Å². The van der Waals surface area contributed by atoms with Gasteiger partial charge in [0.1, 0.15) is 5.75 Å². The molecule has 0 aliphatic carbocycles. The average Bonchev–Trinajstić information content (AvgIpc) is 2.55. The number of carbonyl (C=O) groups is 2. The lowest BCUT2D eigenvalue weighted by Gasteiger charge is -2.13. The van der Waals surface area contributed by atoms with Gasteiger partial charge in [-0.15, -0.1) is 0 Å². The highest BCUT2D eigenvalue weighted by Gasteiger charge is 2.20. The van der Waals surface area contributed by atoms with Crippen molar-refractivity contribution >= 4 is 27.3 Å². The first-order valence-electron chi connectivity index (χ1n) is 7.77. The van der Waals surface area contributed by atoms with Gasteiger partial charge in [-0.05, 0) is 38.1 Å². The van der Waals surface area contributed by atoms with Crippen LogP contribution in [0.25, 0.3) is 0 Å². The third kappa shape index (κ3) is 5.15. The van der Waals surface area contributed by atoms with E-state index < -0.39 is 21.5 Å². The molecule has 0 atom stereocenters. The van der Waals surface area contributed by atoms with Crippen LogP contribution in [0.1, 0.15) is 24.2 Å². The van der Waals surface area contributed by atoms with E-state index in [1.165, 1.54) is 12.1 Å². The Morgan fingerprint density at radius 2 is 1.56 bits per heavy atom. The van der Waals surface area contributed by atoms with Crippen LogP contribution in [-0.4, -0.2) is 32.0 Å². The number of hydrogen-bond donors (Lipinski definition) is 2. The zero-order valence-corrected chi connectivity index (χ0v) is 14.8. The van der Waals surface area contributed by atoms with Gasteiger partial charge < -0.3 is 10.6 Å². The fraction of sp³-hybridized carbons (Fsp3) is 0.222. The molecule has 0 bridgehead atoms. The Bertz CT molecular complexity index is 862. The maximum absolute atomic E-state index is 12.3. The van der Waals surface area contributed by atoms with Crippen LogP contribution in [0.15, 0.2) is 59.5 Å². The van der Waals surface area contributed by atoms with Crippen LogP contribution in [0, 0.1) is 0 Å². The zero-order chi connectivity index (χ0) is 18.4. The molecule has 0 aliphatic rings. The summed E-state index contributed by atoms with van der Waals surface area (Å²) in [5, 5.41) is 5.25. The number of nitrogens with one attached hydrogen (secondary N) is 2. The Balaban J connectivity index is 2.15. The van der Waals surface area contributed by atoms with Crippen molar-refractivity contribution in [3.63, 3.8) is 0 Å². The molecule has 2 aromatic rings. The molecular formula is C18H20N2O4S. The predicted octanol–water partition coefficient (Wildman–Crippen LogP) is 2.24. The van der Waals surface area contributed by atoms with Gasteiger partial charge in [0.2, 0.25) is 5.91 Å². The zero-order valence-electron chi connectivity index (χ0n) is 14.0. The Kier molecular flexibility index (Phi) is 5.93. The summed E-state index contributed by atoms with van der Waals surface area (Å²) in [5.41, 5.74) is 0.551. The van der Waals surface area contributed by atoms with Crippen LogP contribution < -0.4 is 10.6 Å². The first-order chi connectivity index (χ1) is 11.8. The molecule has 2 N–H and O–H groups in total. The van der Waals surface area contributed by atoms with E-state index in [4.69, 9.17) is 0 Å². The molecule has 0 fully saturated rings. The maximum atomic E-state index is 12.3. The van der Waals surface area contributed by atoms with Gasteiger partial charge in [-0.1, -0.05) is 30.3 Å². The highest BCUT2D eigenvalue weighted by Crippen LogP contribution is 2.16. The minimum absolute atomic E-state index is 0.0604. The second-order valence-corrected chi connectivity index (χ2v) is 7.78. The van der Waals surface area contributed by atoms with E-state index in [1.807, 2.05) is 13.8 Å². The minimum atomic E-state index is -3.74. The van der Waals surface area contributed by atoms with Gasteiger partial charge in [0.25, 0.3) is 5.91 Å². The largest absolute Gasteiger partial charge is 0.350 e. The third-order valence-corrected chi connectivity index (χ3v) is 4.92. The lowest BCUT2D eigenvalue weighted by Crippen LogP contribution is -2.31. The van der Waals surface area contributed by atoms with Crippen molar-refractivity contribution in [1.82, 2.24) is 5.32 Å². The van der Waals surface area contributed by atoms with Crippen molar-refractivity contribution in [3.05, 3.63) is 60.2 Å². The first-order valence-corrected chi connectivity index (χ1v) is 9.42. The van der Waals surface area contributed by atoms with Crippen molar-refractivity contribution in [2.24, 2.45) is 0 Å². The Morgan fingerprint density at radius 3 is 2.20 bits per heavy atom. The molecule has 0 aromatic heterocycles. The standard InChI is InChI=1S/C18H20N2O4S/c1-13(2)19-18(22)15-10-6-7-11-16(15)20-17(21)12-25(23,24)14-8-4-3-5-9-14/h3-11,13H,12H2,1-2H3,(H,19,22)(H,20,21). The van der Waals surface area contributed by atoms with E-state index in [1.54, 1.807) is 42.5 Å². The van der Waals surface area contributed by atoms with Gasteiger partial charge >= 0.3 is 0 Å². The second-order valence-electron chi connectivity index (χ2n) is 5.79. The molecular weight excluding hydrogens is 340 g/mol. The molecule has 2 aromatic carbocycles. The van der Waals surface area contributed by atoms with E-state index in [0.29, 0.717) is 0 Å². The molecule has 0 saturated carbocycles. The van der Waals surface area contributed by atoms with Gasteiger partial charge in [0.15, 0.2) is 9.84 Å². The number of rotatable bonds is 6. The molecule has 132 valence electrons. The maximum Gasteiger partial charge on any atom is 0.253 e. The molecule has 2 rings (SSSR count). The lowest BCUT2D eigenvalue weighted by atomic mass is 10.1. The summed E-state index contributed by atoms with van der Waals surface area (Å²) in [6.07, 6.45) is 0. The molecule has 0 aliphatic heterocycles. The van der Waals surface area contributed by atoms with Crippen LogP contribution in [0.5, 0.6) is 0 Å². The van der Waals surface area contributed by atoms with Gasteiger partial charge in [-0.3, -0.25) is 9.59 Å². The molecule has 0 spiro atoms. The number of amides is 2. The molecule has 6 nitrogen and oxygen atoms in total.